The fraction of sp³-hybridized carbons (Fsp3) is 0.321. The number of hydrogen-bond donors (Lipinski definition) is 1. The van der Waals surface area contributed by atoms with E-state index in [0.29, 0.717) is 34.3 Å². The lowest BCUT2D eigenvalue weighted by Gasteiger charge is -2.42. The standard InChI is InChI=1S/C28H30ClNO6S2/c1-18-4-11-22(12-5-18)38(33,34)30-16-23(28(31)32)27(37-17-19-6-9-21(29)10-7-19)15-24(30)20-8-13-25(35-2)26(14-20)36-3/h4-14,23-24,27H,15-17H2,1-3H3,(H,31,32)/t23-,24+,27-/m1/s1. The maximum absolute atomic E-state index is 13.9. The largest absolute Gasteiger partial charge is 0.493 e. The summed E-state index contributed by atoms with van der Waals surface area (Å²) in [6, 6.07) is 18.7. The van der Waals surface area contributed by atoms with Gasteiger partial charge in [0.2, 0.25) is 10.0 Å². The zero-order valence-corrected chi connectivity index (χ0v) is 23.7. The van der Waals surface area contributed by atoms with Crippen molar-refractivity contribution in [2.24, 2.45) is 5.92 Å². The fourth-order valence-electron chi connectivity index (χ4n) is 4.62. The number of carboxylic acids is 1. The molecular formula is C28H30ClNO6S2. The minimum Gasteiger partial charge on any atom is -0.493 e. The first-order valence-corrected chi connectivity index (χ1v) is 14.9. The van der Waals surface area contributed by atoms with Crippen LogP contribution < -0.4 is 9.47 Å². The van der Waals surface area contributed by atoms with E-state index in [0.717, 1.165) is 11.1 Å². The molecule has 1 heterocycles. The minimum absolute atomic E-state index is 0.130. The molecule has 1 aliphatic rings. The topological polar surface area (TPSA) is 93.1 Å². The van der Waals surface area contributed by atoms with Gasteiger partial charge in [-0.05, 0) is 60.9 Å². The third-order valence-electron chi connectivity index (χ3n) is 6.74. The number of piperidine rings is 1. The van der Waals surface area contributed by atoms with Crippen molar-refractivity contribution in [1.82, 2.24) is 4.31 Å². The molecule has 4 rings (SSSR count). The summed E-state index contributed by atoms with van der Waals surface area (Å²) >= 11 is 7.53. The summed E-state index contributed by atoms with van der Waals surface area (Å²) in [4.78, 5) is 12.5. The van der Waals surface area contributed by atoms with Crippen molar-refractivity contribution in [3.63, 3.8) is 0 Å². The smallest absolute Gasteiger partial charge is 0.308 e. The SMILES string of the molecule is COc1ccc([C@@H]2C[C@@H](SCc3ccc(Cl)cc3)[C@H](C(=O)O)CN2S(=O)(=O)c2ccc(C)cc2)cc1OC. The van der Waals surface area contributed by atoms with Crippen molar-refractivity contribution < 1.29 is 27.8 Å². The van der Waals surface area contributed by atoms with Crippen LogP contribution in [0.25, 0.3) is 0 Å². The van der Waals surface area contributed by atoms with Gasteiger partial charge in [0.25, 0.3) is 0 Å². The van der Waals surface area contributed by atoms with Crippen molar-refractivity contribution >= 4 is 39.4 Å². The lowest BCUT2D eigenvalue weighted by Crippen LogP contribution is -2.49. The highest BCUT2D eigenvalue weighted by molar-refractivity contribution is 7.99. The summed E-state index contributed by atoms with van der Waals surface area (Å²) in [6.07, 6.45) is 0.315. The molecule has 0 bridgehead atoms. The second-order valence-electron chi connectivity index (χ2n) is 9.17. The number of thioether (sulfide) groups is 1. The van der Waals surface area contributed by atoms with E-state index in [4.69, 9.17) is 21.1 Å². The Kier molecular flexibility index (Phi) is 8.92. The van der Waals surface area contributed by atoms with Gasteiger partial charge in [-0.15, -0.1) is 0 Å². The van der Waals surface area contributed by atoms with Gasteiger partial charge in [0.15, 0.2) is 11.5 Å². The Morgan fingerprint density at radius 2 is 1.68 bits per heavy atom. The molecule has 3 aromatic rings. The van der Waals surface area contributed by atoms with Gasteiger partial charge < -0.3 is 14.6 Å². The van der Waals surface area contributed by atoms with Crippen LogP contribution >= 0.6 is 23.4 Å². The molecule has 7 nitrogen and oxygen atoms in total. The van der Waals surface area contributed by atoms with E-state index < -0.39 is 28.0 Å². The molecule has 0 aliphatic carbocycles. The molecule has 1 saturated heterocycles. The average Bonchev–Trinajstić information content (AvgIpc) is 2.92. The Hall–Kier alpha value is -2.72. The number of ether oxygens (including phenoxy) is 2. The van der Waals surface area contributed by atoms with Crippen LogP contribution in [0.3, 0.4) is 0 Å². The van der Waals surface area contributed by atoms with Gasteiger partial charge >= 0.3 is 5.97 Å². The van der Waals surface area contributed by atoms with Crippen molar-refractivity contribution in [3.8, 4) is 11.5 Å². The summed E-state index contributed by atoms with van der Waals surface area (Å²) in [5.74, 6) is -0.326. The molecule has 1 fully saturated rings. The number of halogens is 1. The van der Waals surface area contributed by atoms with Crippen molar-refractivity contribution in [2.75, 3.05) is 20.8 Å². The predicted molar refractivity (Wildman–Crippen MR) is 150 cm³/mol. The number of aliphatic carboxylic acids is 1. The molecule has 3 aromatic carbocycles. The number of hydrogen-bond acceptors (Lipinski definition) is 6. The van der Waals surface area contributed by atoms with Crippen LogP contribution in [0.15, 0.2) is 71.6 Å². The van der Waals surface area contributed by atoms with E-state index >= 15 is 0 Å². The van der Waals surface area contributed by atoms with Gasteiger partial charge in [0.1, 0.15) is 0 Å². The zero-order chi connectivity index (χ0) is 27.4. The molecule has 1 aliphatic heterocycles. The highest BCUT2D eigenvalue weighted by atomic mass is 35.5. The monoisotopic (exact) mass is 575 g/mol. The fourth-order valence-corrected chi connectivity index (χ4v) is 7.75. The lowest BCUT2D eigenvalue weighted by atomic mass is 9.90. The number of carbonyl (C=O) groups is 1. The van der Waals surface area contributed by atoms with Gasteiger partial charge in [0, 0.05) is 22.6 Å². The Bertz CT molecular complexity index is 1380. The molecule has 1 N–H and O–H groups in total. The van der Waals surface area contributed by atoms with Gasteiger partial charge in [-0.1, -0.05) is 47.5 Å². The normalized spacial score (nSPS) is 20.2. The first kappa shape index (κ1) is 28.3. The first-order chi connectivity index (χ1) is 18.1. The molecule has 10 heteroatoms. The van der Waals surface area contributed by atoms with Gasteiger partial charge in [0.05, 0.1) is 31.1 Å². The Labute approximate surface area is 232 Å². The van der Waals surface area contributed by atoms with E-state index in [9.17, 15) is 18.3 Å². The number of rotatable bonds is 9. The number of benzene rings is 3. The molecule has 0 amide bonds. The molecule has 202 valence electrons. The average molecular weight is 576 g/mol. The molecule has 0 saturated carbocycles. The van der Waals surface area contributed by atoms with E-state index in [1.54, 1.807) is 48.5 Å². The van der Waals surface area contributed by atoms with E-state index in [1.165, 1.54) is 30.3 Å². The predicted octanol–water partition coefficient (Wildman–Crippen LogP) is 5.80. The van der Waals surface area contributed by atoms with E-state index in [-0.39, 0.29) is 16.7 Å². The van der Waals surface area contributed by atoms with Gasteiger partial charge in [-0.3, -0.25) is 4.79 Å². The van der Waals surface area contributed by atoms with Crippen LogP contribution in [0.2, 0.25) is 5.02 Å². The summed E-state index contributed by atoms with van der Waals surface area (Å²) in [5.41, 5.74) is 2.65. The van der Waals surface area contributed by atoms with Crippen molar-refractivity contribution in [3.05, 3.63) is 88.4 Å². The number of aryl methyl sites for hydroxylation is 1. The zero-order valence-electron chi connectivity index (χ0n) is 21.3. The summed E-state index contributed by atoms with van der Waals surface area (Å²) < 4.78 is 40.0. The second kappa shape index (κ2) is 12.0. The van der Waals surface area contributed by atoms with Crippen LogP contribution in [0, 0.1) is 12.8 Å². The molecule has 0 spiro atoms. The Morgan fingerprint density at radius 3 is 2.29 bits per heavy atom. The third kappa shape index (κ3) is 6.12. The number of methoxy groups -OCH3 is 2. The van der Waals surface area contributed by atoms with Crippen LogP contribution in [0.4, 0.5) is 0 Å². The first-order valence-electron chi connectivity index (χ1n) is 12.0. The van der Waals surface area contributed by atoms with E-state index in [1.807, 2.05) is 25.1 Å². The number of carboxylic acid groups (broad SMARTS) is 1. The number of nitrogens with zero attached hydrogens (tertiary/aromatic N) is 1. The Morgan fingerprint density at radius 1 is 1.03 bits per heavy atom. The van der Waals surface area contributed by atoms with Gasteiger partial charge in [-0.2, -0.15) is 16.1 Å². The molecule has 3 atom stereocenters. The van der Waals surface area contributed by atoms with E-state index in [2.05, 4.69) is 0 Å². The molecule has 38 heavy (non-hydrogen) atoms. The molecule has 0 radical (unpaired) electrons. The summed E-state index contributed by atoms with van der Waals surface area (Å²) in [6.45, 7) is 1.73. The van der Waals surface area contributed by atoms with Crippen LogP contribution in [-0.2, 0) is 20.6 Å². The van der Waals surface area contributed by atoms with Crippen molar-refractivity contribution in [2.45, 2.75) is 35.3 Å². The Balaban J connectivity index is 1.74. The molecular weight excluding hydrogens is 546 g/mol. The molecule has 0 aromatic heterocycles. The maximum atomic E-state index is 13.9. The van der Waals surface area contributed by atoms with Crippen LogP contribution in [-0.4, -0.2) is 49.8 Å². The van der Waals surface area contributed by atoms with Gasteiger partial charge in [-0.25, -0.2) is 8.42 Å². The van der Waals surface area contributed by atoms with Crippen molar-refractivity contribution in [1.29, 1.82) is 0 Å². The maximum Gasteiger partial charge on any atom is 0.308 e. The molecule has 0 unspecified atom stereocenters. The van der Waals surface area contributed by atoms with Crippen LogP contribution in [0.1, 0.15) is 29.2 Å². The number of sulfonamides is 1. The second-order valence-corrected chi connectivity index (χ2v) is 12.7. The summed E-state index contributed by atoms with van der Waals surface area (Å²) in [5, 5.41) is 10.5. The third-order valence-corrected chi connectivity index (χ3v) is 10.3. The minimum atomic E-state index is -4.00. The lowest BCUT2D eigenvalue weighted by molar-refractivity contribution is -0.143. The summed E-state index contributed by atoms with van der Waals surface area (Å²) in [7, 11) is -0.942. The quantitative estimate of drug-likeness (QED) is 0.344. The van der Waals surface area contributed by atoms with Crippen LogP contribution in [0.5, 0.6) is 11.5 Å². The highest BCUT2D eigenvalue weighted by Gasteiger charge is 2.45. The highest BCUT2D eigenvalue weighted by Crippen LogP contribution is 2.44.